The third-order valence-corrected chi connectivity index (χ3v) is 5.83. The van der Waals surface area contributed by atoms with Crippen molar-refractivity contribution in [3.05, 3.63) is 41.6 Å². The number of hydrogen-bond donors (Lipinski definition) is 3. The van der Waals surface area contributed by atoms with Crippen LogP contribution in [0.25, 0.3) is 16.5 Å². The number of fused-ring (bicyclic) bond motifs is 2. The van der Waals surface area contributed by atoms with Gasteiger partial charge in [-0.05, 0) is 50.1 Å². The van der Waals surface area contributed by atoms with E-state index in [-0.39, 0.29) is 11.8 Å². The van der Waals surface area contributed by atoms with Gasteiger partial charge in [0.15, 0.2) is 0 Å². The van der Waals surface area contributed by atoms with Crippen molar-refractivity contribution in [3.63, 3.8) is 0 Å². The summed E-state index contributed by atoms with van der Waals surface area (Å²) in [4.78, 5) is 20.6. The van der Waals surface area contributed by atoms with E-state index in [4.69, 9.17) is 11.5 Å². The van der Waals surface area contributed by atoms with Crippen LogP contribution in [0.3, 0.4) is 0 Å². The lowest BCUT2D eigenvalue weighted by Crippen LogP contribution is -2.47. The van der Waals surface area contributed by atoms with Crippen molar-refractivity contribution in [2.75, 3.05) is 39.8 Å². The van der Waals surface area contributed by atoms with Crippen LogP contribution < -0.4 is 11.5 Å². The minimum Gasteiger partial charge on any atom is -0.361 e. The predicted molar refractivity (Wildman–Crippen MR) is 116 cm³/mol. The van der Waals surface area contributed by atoms with Crippen LogP contribution in [0.4, 0.5) is 0 Å². The number of H-pyrrole nitrogens is 1. The summed E-state index contributed by atoms with van der Waals surface area (Å²) in [7, 11) is 2.15. The molecule has 152 valence electrons. The Morgan fingerprint density at radius 3 is 2.61 bits per heavy atom. The van der Waals surface area contributed by atoms with Gasteiger partial charge in [0.2, 0.25) is 5.91 Å². The third kappa shape index (κ3) is 3.72. The zero-order valence-electron chi connectivity index (χ0n) is 17.2. The van der Waals surface area contributed by atoms with Gasteiger partial charge in [0, 0.05) is 55.9 Å². The molecule has 0 saturated heterocycles. The molecule has 0 saturated carbocycles. The Hall–Kier alpha value is -2.15. The quantitative estimate of drug-likeness (QED) is 0.751. The van der Waals surface area contributed by atoms with Gasteiger partial charge in [0.25, 0.3) is 0 Å². The summed E-state index contributed by atoms with van der Waals surface area (Å²) in [6, 6.07) is 6.82. The molecule has 6 heteroatoms. The minimum absolute atomic E-state index is 0.0445. The number of aromatic amines is 1. The smallest absolute Gasteiger partial charge is 0.230 e. The second-order valence-electron chi connectivity index (χ2n) is 7.52. The number of hydrogen-bond acceptors (Lipinski definition) is 4. The number of nitrogens with two attached hydrogens (primary N) is 2. The van der Waals surface area contributed by atoms with Crippen LogP contribution in [0.1, 0.15) is 25.0 Å². The molecule has 4 rings (SSSR count). The molecule has 1 amide bonds. The first-order valence-corrected chi connectivity index (χ1v) is 10.3. The van der Waals surface area contributed by atoms with Gasteiger partial charge in [-0.25, -0.2) is 0 Å². The molecule has 2 heterocycles. The number of carbonyl (C=O) groups is 1. The summed E-state index contributed by atoms with van der Waals surface area (Å²) in [6.07, 6.45) is 5.41. The number of aromatic nitrogens is 1. The van der Waals surface area contributed by atoms with E-state index >= 15 is 0 Å². The highest BCUT2D eigenvalue weighted by Crippen LogP contribution is 2.40. The van der Waals surface area contributed by atoms with Crippen molar-refractivity contribution in [2.24, 2.45) is 17.4 Å². The number of nitrogens with one attached hydrogen (secondary N) is 1. The molecule has 2 aromatic rings. The molecule has 1 aliphatic carbocycles. The predicted octanol–water partition coefficient (Wildman–Crippen LogP) is 1.81. The molecule has 0 radical (unpaired) electrons. The van der Waals surface area contributed by atoms with Gasteiger partial charge in [0.1, 0.15) is 0 Å². The number of amides is 1. The van der Waals surface area contributed by atoms with Crippen LogP contribution in [-0.2, 0) is 11.2 Å². The van der Waals surface area contributed by atoms with E-state index in [0.717, 1.165) is 26.1 Å². The largest absolute Gasteiger partial charge is 0.361 e. The maximum atomic E-state index is 12.9. The van der Waals surface area contributed by atoms with Gasteiger partial charge in [-0.2, -0.15) is 0 Å². The first-order valence-electron chi connectivity index (χ1n) is 10.3. The Labute approximate surface area is 167 Å². The molecule has 2 atom stereocenters. The van der Waals surface area contributed by atoms with Crippen LogP contribution in [-0.4, -0.2) is 66.5 Å². The Bertz CT molecular complexity index is 850. The van der Waals surface area contributed by atoms with E-state index in [1.54, 1.807) is 0 Å². The van der Waals surface area contributed by atoms with Crippen LogP contribution in [0.15, 0.2) is 30.5 Å². The van der Waals surface area contributed by atoms with Crippen LogP contribution >= 0.6 is 0 Å². The molecule has 0 spiro atoms. The molecule has 0 fully saturated rings. The molecule has 5 N–H and O–H groups in total. The maximum Gasteiger partial charge on any atom is 0.230 e. The summed E-state index contributed by atoms with van der Waals surface area (Å²) in [5.41, 5.74) is 15.0. The highest BCUT2D eigenvalue weighted by molar-refractivity contribution is 5.99. The summed E-state index contributed by atoms with van der Waals surface area (Å²) in [6.45, 7) is 7.66. The maximum absolute atomic E-state index is 12.9. The van der Waals surface area contributed by atoms with Gasteiger partial charge in [-0.1, -0.05) is 18.2 Å². The normalized spacial score (nSPS) is 20.8. The Balaban J connectivity index is 0.000000516. The summed E-state index contributed by atoms with van der Waals surface area (Å²) in [5, 5.41) is 1.34. The molecule has 1 aromatic heterocycles. The second-order valence-corrected chi connectivity index (χ2v) is 7.52. The van der Waals surface area contributed by atoms with E-state index in [1.165, 1.54) is 27.6 Å². The topological polar surface area (TPSA) is 91.4 Å². The molecular formula is C22H33N5O. The van der Waals surface area contributed by atoms with Gasteiger partial charge in [-0.15, -0.1) is 0 Å². The van der Waals surface area contributed by atoms with Crippen molar-refractivity contribution < 1.29 is 4.79 Å². The highest BCUT2D eigenvalue weighted by Gasteiger charge is 2.36. The monoisotopic (exact) mass is 383 g/mol. The number of nitrogens with zero attached hydrogens (tertiary/aromatic N) is 2. The van der Waals surface area contributed by atoms with Crippen LogP contribution in [0, 0.1) is 5.92 Å². The molecule has 0 unspecified atom stereocenters. The van der Waals surface area contributed by atoms with Crippen molar-refractivity contribution >= 4 is 22.4 Å². The lowest BCUT2D eigenvalue weighted by Gasteiger charge is -2.40. The summed E-state index contributed by atoms with van der Waals surface area (Å²) < 4.78 is 0. The highest BCUT2D eigenvalue weighted by atomic mass is 16.2. The van der Waals surface area contributed by atoms with Crippen molar-refractivity contribution in [1.29, 1.82) is 0 Å². The van der Waals surface area contributed by atoms with Gasteiger partial charge >= 0.3 is 0 Å². The zero-order valence-corrected chi connectivity index (χ0v) is 17.2. The first-order chi connectivity index (χ1) is 13.5. The number of likely N-dealkylation sites (N-methyl/N-ethyl adjacent to an activating group) is 1. The van der Waals surface area contributed by atoms with E-state index < -0.39 is 0 Å². The van der Waals surface area contributed by atoms with Crippen LogP contribution in [0.5, 0.6) is 0 Å². The molecular weight excluding hydrogens is 350 g/mol. The van der Waals surface area contributed by atoms with E-state index in [0.29, 0.717) is 19.1 Å². The third-order valence-electron chi connectivity index (χ3n) is 5.83. The Morgan fingerprint density at radius 2 is 1.96 bits per heavy atom. The second kappa shape index (κ2) is 8.90. The van der Waals surface area contributed by atoms with E-state index in [1.807, 2.05) is 4.90 Å². The Kier molecular flexibility index (Phi) is 6.54. The Morgan fingerprint density at radius 1 is 1.25 bits per heavy atom. The van der Waals surface area contributed by atoms with Gasteiger partial charge in [0.05, 0.1) is 5.92 Å². The molecule has 28 heavy (non-hydrogen) atoms. The van der Waals surface area contributed by atoms with Crippen LogP contribution in [0.2, 0.25) is 0 Å². The summed E-state index contributed by atoms with van der Waals surface area (Å²) in [5.74, 6) is 0.210. The minimum atomic E-state index is -0.0445. The molecule has 2 aliphatic rings. The van der Waals surface area contributed by atoms with Crippen molar-refractivity contribution in [3.8, 4) is 0 Å². The summed E-state index contributed by atoms with van der Waals surface area (Å²) >= 11 is 0. The molecule has 1 aromatic carbocycles. The lowest BCUT2D eigenvalue weighted by molar-refractivity contribution is -0.134. The fraction of sp³-hybridized carbons (Fsp3) is 0.500. The average Bonchev–Trinajstić information content (AvgIpc) is 3.14. The standard InChI is InChI=1S/C20H25N3O.C2H8N2/c1-4-23(5-2)20(24)14-9-16-15-7-6-8-17-19(15)13(11-21-17)10-18(16)22(3)12-14;3-1-2-4/h6-9,11,14,18,21H,4-5,10,12H2,1-3H3;1-4H2/t14-,18-;/m1./s1. The molecule has 6 nitrogen and oxygen atoms in total. The molecule has 1 aliphatic heterocycles. The van der Waals surface area contributed by atoms with E-state index in [2.05, 4.69) is 61.3 Å². The fourth-order valence-corrected chi connectivity index (χ4v) is 4.38. The average molecular weight is 384 g/mol. The SMILES string of the molecule is CCN(CC)C(=O)[C@@H]1C=C2c3cccc4[nH]cc(c34)C[C@H]2N(C)C1.NCCN. The van der Waals surface area contributed by atoms with Crippen molar-refractivity contribution in [2.45, 2.75) is 26.3 Å². The molecule has 0 bridgehead atoms. The fourth-order valence-electron chi connectivity index (χ4n) is 4.38. The van der Waals surface area contributed by atoms with E-state index in [9.17, 15) is 4.79 Å². The van der Waals surface area contributed by atoms with Gasteiger partial charge in [-0.3, -0.25) is 9.69 Å². The number of benzene rings is 1. The first kappa shape index (κ1) is 20.6. The number of rotatable bonds is 4. The number of carbonyl (C=O) groups excluding carboxylic acids is 1. The zero-order chi connectivity index (χ0) is 20.3. The lowest BCUT2D eigenvalue weighted by atomic mass is 9.79. The van der Waals surface area contributed by atoms with Crippen molar-refractivity contribution in [1.82, 2.24) is 14.8 Å². The van der Waals surface area contributed by atoms with Gasteiger partial charge < -0.3 is 21.4 Å².